The van der Waals surface area contributed by atoms with Crippen LogP contribution in [0.2, 0.25) is 0 Å². The Kier molecular flexibility index (Phi) is 3.69. The number of nitrogens with two attached hydrogens (primary N) is 1. The molecule has 0 aliphatic carbocycles. The van der Waals surface area contributed by atoms with Crippen LogP contribution in [-0.4, -0.2) is 23.8 Å². The monoisotopic (exact) mass is 254 g/mol. The van der Waals surface area contributed by atoms with E-state index in [1.165, 1.54) is 6.07 Å². The fraction of sp³-hybridized carbons (Fsp3) is 0.417. The summed E-state index contributed by atoms with van der Waals surface area (Å²) < 4.78 is 19.1. The van der Waals surface area contributed by atoms with E-state index in [0.29, 0.717) is 5.25 Å². The lowest BCUT2D eigenvalue weighted by Crippen LogP contribution is -2.17. The zero-order valence-corrected chi connectivity index (χ0v) is 10.4. The molecule has 0 saturated carbocycles. The fourth-order valence-electron chi connectivity index (χ4n) is 1.89. The highest BCUT2D eigenvalue weighted by Crippen LogP contribution is 2.34. The molecule has 0 aromatic heterocycles. The molecule has 1 aromatic carbocycles. The molecule has 0 amide bonds. The Labute approximate surface area is 104 Å². The molecule has 2 unspecified atom stereocenters. The number of halogens is 1. The predicted molar refractivity (Wildman–Crippen MR) is 67.1 cm³/mol. The van der Waals surface area contributed by atoms with Gasteiger partial charge >= 0.3 is 0 Å². The second kappa shape index (κ2) is 5.06. The summed E-state index contributed by atoms with van der Waals surface area (Å²) in [5.74, 6) is -0.661. The Hall–Kier alpha value is -1.07. The second-order valence-corrected chi connectivity index (χ2v) is 5.33. The van der Waals surface area contributed by atoms with E-state index in [0.717, 1.165) is 17.9 Å². The molecule has 3 N–H and O–H groups in total. The van der Waals surface area contributed by atoms with Crippen molar-refractivity contribution in [3.8, 4) is 0 Å². The van der Waals surface area contributed by atoms with E-state index < -0.39 is 5.82 Å². The van der Waals surface area contributed by atoms with Crippen LogP contribution in [0.3, 0.4) is 0 Å². The van der Waals surface area contributed by atoms with Crippen LogP contribution in [0.5, 0.6) is 0 Å². The van der Waals surface area contributed by atoms with Crippen molar-refractivity contribution in [1.82, 2.24) is 0 Å². The smallest absolute Gasteiger partial charge is 0.135 e. The summed E-state index contributed by atoms with van der Waals surface area (Å²) in [6, 6.07) is 4.77. The zero-order valence-electron chi connectivity index (χ0n) is 9.57. The van der Waals surface area contributed by atoms with E-state index in [-0.39, 0.29) is 17.5 Å². The highest BCUT2D eigenvalue weighted by molar-refractivity contribution is 8.00. The molecule has 3 nitrogen and oxygen atoms in total. The lowest BCUT2D eigenvalue weighted by atomic mass is 10.2. The lowest BCUT2D eigenvalue weighted by Gasteiger charge is -2.16. The normalized spacial score (nSPS) is 23.9. The molecule has 0 radical (unpaired) electrons. The van der Waals surface area contributed by atoms with Gasteiger partial charge in [-0.25, -0.2) is 4.39 Å². The average Bonchev–Trinajstić information content (AvgIpc) is 2.64. The van der Waals surface area contributed by atoms with E-state index in [9.17, 15) is 4.39 Å². The standard InChI is InChI=1S/C12H15FN2OS/c1-7-9(5-6-16-7)17-10-4-2-3-8(13)11(10)12(14)15/h2-4,7,9H,5-6H2,1H3,(H3,14,15). The maximum Gasteiger partial charge on any atom is 0.135 e. The lowest BCUT2D eigenvalue weighted by molar-refractivity contribution is 0.127. The average molecular weight is 254 g/mol. The first-order chi connectivity index (χ1) is 8.09. The highest BCUT2D eigenvalue weighted by Gasteiger charge is 2.26. The van der Waals surface area contributed by atoms with Gasteiger partial charge in [0.1, 0.15) is 11.7 Å². The summed E-state index contributed by atoms with van der Waals surface area (Å²) in [4.78, 5) is 0.722. The number of hydrogen-bond donors (Lipinski definition) is 2. The largest absolute Gasteiger partial charge is 0.384 e. The van der Waals surface area contributed by atoms with Gasteiger partial charge in [-0.15, -0.1) is 11.8 Å². The first kappa shape index (κ1) is 12.4. The summed E-state index contributed by atoms with van der Waals surface area (Å²) in [5.41, 5.74) is 5.63. The Balaban J connectivity index is 2.26. The van der Waals surface area contributed by atoms with Crippen molar-refractivity contribution in [3.05, 3.63) is 29.6 Å². The third kappa shape index (κ3) is 2.61. The molecule has 17 heavy (non-hydrogen) atoms. The summed E-state index contributed by atoms with van der Waals surface area (Å²) in [6.45, 7) is 2.75. The van der Waals surface area contributed by atoms with Crippen molar-refractivity contribution in [3.63, 3.8) is 0 Å². The van der Waals surface area contributed by atoms with Crippen LogP contribution in [0, 0.1) is 11.2 Å². The molecule has 92 valence electrons. The molecule has 1 heterocycles. The molecule has 1 aliphatic heterocycles. The van der Waals surface area contributed by atoms with E-state index in [4.69, 9.17) is 15.9 Å². The molecule has 1 saturated heterocycles. The van der Waals surface area contributed by atoms with Crippen molar-refractivity contribution in [2.45, 2.75) is 29.6 Å². The number of benzene rings is 1. The summed E-state index contributed by atoms with van der Waals surface area (Å²) >= 11 is 1.54. The SMILES string of the molecule is CC1OCCC1Sc1cccc(F)c1C(=N)N. The van der Waals surface area contributed by atoms with Crippen LogP contribution in [0.4, 0.5) is 4.39 Å². The van der Waals surface area contributed by atoms with Crippen LogP contribution in [0.25, 0.3) is 0 Å². The Morgan fingerprint density at radius 2 is 2.35 bits per heavy atom. The minimum Gasteiger partial charge on any atom is -0.384 e. The number of rotatable bonds is 3. The van der Waals surface area contributed by atoms with Gasteiger partial charge in [0.15, 0.2) is 0 Å². The predicted octanol–water partition coefficient (Wildman–Crippen LogP) is 2.38. The van der Waals surface area contributed by atoms with Crippen molar-refractivity contribution in [1.29, 1.82) is 5.41 Å². The van der Waals surface area contributed by atoms with Crippen molar-refractivity contribution >= 4 is 17.6 Å². The number of ether oxygens (including phenoxy) is 1. The van der Waals surface area contributed by atoms with Crippen LogP contribution < -0.4 is 5.73 Å². The van der Waals surface area contributed by atoms with Crippen LogP contribution in [0.15, 0.2) is 23.1 Å². The van der Waals surface area contributed by atoms with E-state index in [1.54, 1.807) is 23.9 Å². The Morgan fingerprint density at radius 1 is 1.59 bits per heavy atom. The third-order valence-corrected chi connectivity index (χ3v) is 4.35. The first-order valence-electron chi connectivity index (χ1n) is 5.50. The Morgan fingerprint density at radius 3 is 2.94 bits per heavy atom. The van der Waals surface area contributed by atoms with Crippen molar-refractivity contribution in [2.24, 2.45) is 5.73 Å². The number of thioether (sulfide) groups is 1. The van der Waals surface area contributed by atoms with Gasteiger partial charge in [0.05, 0.1) is 11.7 Å². The third-order valence-electron chi connectivity index (χ3n) is 2.83. The number of hydrogen-bond acceptors (Lipinski definition) is 3. The van der Waals surface area contributed by atoms with Gasteiger partial charge in [0.25, 0.3) is 0 Å². The van der Waals surface area contributed by atoms with Gasteiger partial charge in [-0.1, -0.05) is 6.07 Å². The zero-order chi connectivity index (χ0) is 12.4. The quantitative estimate of drug-likeness (QED) is 0.643. The highest BCUT2D eigenvalue weighted by atomic mass is 32.2. The maximum atomic E-state index is 13.6. The Bertz CT molecular complexity index is 439. The van der Waals surface area contributed by atoms with E-state index >= 15 is 0 Å². The molecule has 1 fully saturated rings. The topological polar surface area (TPSA) is 59.1 Å². The summed E-state index contributed by atoms with van der Waals surface area (Å²) in [6.07, 6.45) is 1.10. The number of nitrogens with one attached hydrogen (secondary N) is 1. The molecule has 1 aromatic rings. The van der Waals surface area contributed by atoms with Crippen molar-refractivity contribution in [2.75, 3.05) is 6.61 Å². The molecular weight excluding hydrogens is 239 g/mol. The maximum absolute atomic E-state index is 13.6. The van der Waals surface area contributed by atoms with Crippen LogP contribution >= 0.6 is 11.8 Å². The summed E-state index contributed by atoms with van der Waals surface area (Å²) in [7, 11) is 0. The van der Waals surface area contributed by atoms with Gasteiger partial charge in [0.2, 0.25) is 0 Å². The molecule has 1 aliphatic rings. The van der Waals surface area contributed by atoms with Gasteiger partial charge in [-0.2, -0.15) is 0 Å². The molecule has 2 rings (SSSR count). The van der Waals surface area contributed by atoms with E-state index in [1.807, 2.05) is 6.92 Å². The van der Waals surface area contributed by atoms with E-state index in [2.05, 4.69) is 0 Å². The van der Waals surface area contributed by atoms with Gasteiger partial charge in [-0.05, 0) is 25.5 Å². The first-order valence-corrected chi connectivity index (χ1v) is 6.38. The number of nitrogen functional groups attached to an aromatic ring is 1. The van der Waals surface area contributed by atoms with Gasteiger partial charge in [-0.3, -0.25) is 5.41 Å². The fourth-order valence-corrected chi connectivity index (χ4v) is 3.19. The molecule has 5 heteroatoms. The summed E-state index contributed by atoms with van der Waals surface area (Å²) in [5, 5.41) is 7.74. The number of amidine groups is 1. The molecule has 0 spiro atoms. The second-order valence-electron chi connectivity index (χ2n) is 4.05. The van der Waals surface area contributed by atoms with Gasteiger partial charge < -0.3 is 10.5 Å². The van der Waals surface area contributed by atoms with Crippen LogP contribution in [0.1, 0.15) is 18.9 Å². The van der Waals surface area contributed by atoms with Gasteiger partial charge in [0, 0.05) is 16.8 Å². The van der Waals surface area contributed by atoms with Crippen LogP contribution in [-0.2, 0) is 4.74 Å². The molecular formula is C12H15FN2OS. The minimum absolute atomic E-state index is 0.156. The molecule has 2 atom stereocenters. The van der Waals surface area contributed by atoms with Crippen molar-refractivity contribution < 1.29 is 9.13 Å². The minimum atomic E-state index is -0.436. The molecule has 0 bridgehead atoms.